The number of aryl methyl sites for hydroxylation is 1. The summed E-state index contributed by atoms with van der Waals surface area (Å²) in [5.74, 6) is 0.597. The molecule has 0 aliphatic carbocycles. The lowest BCUT2D eigenvalue weighted by Crippen LogP contribution is -2.34. The molecule has 1 aromatic rings. The number of rotatable bonds is 1. The van der Waals surface area contributed by atoms with Crippen molar-refractivity contribution >= 4 is 12.4 Å². The van der Waals surface area contributed by atoms with Gasteiger partial charge < -0.3 is 17.7 Å². The Morgan fingerprint density at radius 1 is 1.21 bits per heavy atom. The SMILES string of the molecule is F[B-](F)(F)c1ccc2c(c1)CCCO2. The van der Waals surface area contributed by atoms with Gasteiger partial charge in [0.25, 0.3) is 0 Å². The maximum atomic E-state index is 12.4. The minimum absolute atomic E-state index is 0.533. The van der Waals surface area contributed by atoms with Gasteiger partial charge in [0.1, 0.15) is 5.75 Å². The Kier molecular flexibility index (Phi) is 2.17. The minimum Gasteiger partial charge on any atom is -0.493 e. The summed E-state index contributed by atoms with van der Waals surface area (Å²) in [4.78, 5) is 0. The van der Waals surface area contributed by atoms with E-state index >= 15 is 0 Å². The van der Waals surface area contributed by atoms with Crippen LogP contribution in [-0.2, 0) is 6.42 Å². The highest BCUT2D eigenvalue weighted by atomic mass is 19.4. The first-order valence-electron chi connectivity index (χ1n) is 4.53. The molecular formula is C9H9BF3O-. The molecule has 1 aliphatic rings. The average Bonchev–Trinajstić information content (AvgIpc) is 2.16. The molecule has 0 aromatic heterocycles. The molecule has 0 saturated carbocycles. The summed E-state index contributed by atoms with van der Waals surface area (Å²) >= 11 is 0. The molecule has 76 valence electrons. The van der Waals surface area contributed by atoms with Crippen molar-refractivity contribution in [3.05, 3.63) is 23.8 Å². The lowest BCUT2D eigenvalue weighted by molar-refractivity contribution is 0.288. The molecule has 1 aliphatic heterocycles. The van der Waals surface area contributed by atoms with Gasteiger partial charge in [-0.15, -0.1) is 5.46 Å². The summed E-state index contributed by atoms with van der Waals surface area (Å²) in [7, 11) is 0. The van der Waals surface area contributed by atoms with Crippen LogP contribution in [0, 0.1) is 0 Å². The van der Waals surface area contributed by atoms with Crippen LogP contribution >= 0.6 is 0 Å². The molecule has 0 unspecified atom stereocenters. The Morgan fingerprint density at radius 2 is 2.00 bits per heavy atom. The molecule has 5 heteroatoms. The van der Waals surface area contributed by atoms with Gasteiger partial charge in [-0.2, -0.15) is 0 Å². The molecule has 0 bridgehead atoms. The third-order valence-corrected chi connectivity index (χ3v) is 2.31. The Morgan fingerprint density at radius 3 is 2.71 bits per heavy atom. The van der Waals surface area contributed by atoms with Gasteiger partial charge in [0.2, 0.25) is 0 Å². The minimum atomic E-state index is -4.88. The van der Waals surface area contributed by atoms with Gasteiger partial charge in [-0.25, -0.2) is 0 Å². The van der Waals surface area contributed by atoms with E-state index in [1.54, 1.807) is 0 Å². The van der Waals surface area contributed by atoms with Crippen LogP contribution in [0.4, 0.5) is 12.9 Å². The van der Waals surface area contributed by atoms with Crippen LogP contribution in [0.25, 0.3) is 0 Å². The molecule has 0 spiro atoms. The zero-order valence-electron chi connectivity index (χ0n) is 7.47. The van der Waals surface area contributed by atoms with Crippen LogP contribution in [0.5, 0.6) is 5.75 Å². The average molecular weight is 201 g/mol. The molecule has 0 saturated heterocycles. The first-order valence-corrected chi connectivity index (χ1v) is 4.53. The summed E-state index contributed by atoms with van der Waals surface area (Å²) in [6.07, 6.45) is 1.47. The summed E-state index contributed by atoms with van der Waals surface area (Å²) in [5.41, 5.74) is 0.141. The molecular weight excluding hydrogens is 192 g/mol. The predicted octanol–water partition coefficient (Wildman–Crippen LogP) is 2.07. The molecule has 0 fully saturated rings. The fourth-order valence-corrected chi connectivity index (χ4v) is 1.58. The molecule has 2 rings (SSSR count). The molecule has 0 radical (unpaired) electrons. The summed E-state index contributed by atoms with van der Waals surface area (Å²) in [6, 6.07) is 3.71. The van der Waals surface area contributed by atoms with E-state index in [-0.39, 0.29) is 0 Å². The molecule has 0 atom stereocenters. The molecule has 14 heavy (non-hydrogen) atoms. The summed E-state index contributed by atoms with van der Waals surface area (Å²) < 4.78 is 42.4. The van der Waals surface area contributed by atoms with Crippen molar-refractivity contribution in [1.29, 1.82) is 0 Å². The van der Waals surface area contributed by atoms with Crippen molar-refractivity contribution in [3.63, 3.8) is 0 Å². The Balaban J connectivity index is 2.39. The van der Waals surface area contributed by atoms with Gasteiger partial charge in [-0.1, -0.05) is 12.1 Å². The Hall–Kier alpha value is -1.13. The largest absolute Gasteiger partial charge is 0.509 e. The van der Waals surface area contributed by atoms with E-state index in [1.807, 2.05) is 0 Å². The molecule has 0 N–H and O–H groups in total. The molecule has 1 nitrogen and oxygen atoms in total. The number of hydrogen-bond donors (Lipinski definition) is 0. The maximum Gasteiger partial charge on any atom is 0.509 e. The fraction of sp³-hybridized carbons (Fsp3) is 0.333. The summed E-state index contributed by atoms with van der Waals surface area (Å²) in [6.45, 7) is -4.28. The highest BCUT2D eigenvalue weighted by molar-refractivity contribution is 6.73. The quantitative estimate of drug-likeness (QED) is 0.632. The van der Waals surface area contributed by atoms with E-state index in [9.17, 15) is 12.9 Å². The van der Waals surface area contributed by atoms with Crippen molar-refractivity contribution in [2.45, 2.75) is 12.8 Å². The second kappa shape index (κ2) is 3.22. The van der Waals surface area contributed by atoms with Crippen molar-refractivity contribution in [2.75, 3.05) is 6.61 Å². The first-order chi connectivity index (χ1) is 6.57. The van der Waals surface area contributed by atoms with Crippen molar-refractivity contribution in [2.24, 2.45) is 0 Å². The highest BCUT2D eigenvalue weighted by Crippen LogP contribution is 2.24. The standard InChI is InChI=1S/C9H9BF3O/c11-10(12,13)8-3-4-9-7(6-8)2-1-5-14-9/h3-4,6H,1-2,5H2/q-1. The van der Waals surface area contributed by atoms with Crippen LogP contribution in [0.15, 0.2) is 18.2 Å². The normalized spacial score (nSPS) is 15.9. The van der Waals surface area contributed by atoms with Gasteiger partial charge in [0, 0.05) is 0 Å². The van der Waals surface area contributed by atoms with E-state index in [0.29, 0.717) is 24.3 Å². The van der Waals surface area contributed by atoms with Gasteiger partial charge in [0.05, 0.1) is 6.61 Å². The number of fused-ring (bicyclic) bond motifs is 1. The monoisotopic (exact) mass is 201 g/mol. The van der Waals surface area contributed by atoms with Crippen LogP contribution in [0.2, 0.25) is 0 Å². The smallest absolute Gasteiger partial charge is 0.493 e. The van der Waals surface area contributed by atoms with Crippen molar-refractivity contribution in [1.82, 2.24) is 0 Å². The van der Waals surface area contributed by atoms with Gasteiger partial charge in [-0.05, 0) is 24.5 Å². The van der Waals surface area contributed by atoms with Gasteiger partial charge in [0.15, 0.2) is 0 Å². The second-order valence-corrected chi connectivity index (χ2v) is 3.39. The third kappa shape index (κ3) is 1.71. The summed E-state index contributed by atoms with van der Waals surface area (Å²) in [5, 5.41) is 0. The Labute approximate surface area is 79.9 Å². The molecule has 1 aromatic carbocycles. The first kappa shape index (κ1) is 9.43. The highest BCUT2D eigenvalue weighted by Gasteiger charge is 2.26. The topological polar surface area (TPSA) is 9.23 Å². The third-order valence-electron chi connectivity index (χ3n) is 2.31. The lowest BCUT2D eigenvalue weighted by atomic mass is 9.79. The molecule has 1 heterocycles. The Bertz CT molecular complexity index is 348. The van der Waals surface area contributed by atoms with Crippen molar-refractivity contribution < 1.29 is 17.7 Å². The predicted molar refractivity (Wildman–Crippen MR) is 49.0 cm³/mol. The van der Waals surface area contributed by atoms with Crippen LogP contribution in [-0.4, -0.2) is 13.6 Å². The van der Waals surface area contributed by atoms with E-state index < -0.39 is 12.4 Å². The van der Waals surface area contributed by atoms with Crippen molar-refractivity contribution in [3.8, 4) is 5.75 Å². The van der Waals surface area contributed by atoms with E-state index in [1.165, 1.54) is 12.1 Å². The second-order valence-electron chi connectivity index (χ2n) is 3.39. The van der Waals surface area contributed by atoms with E-state index in [0.717, 1.165) is 12.5 Å². The van der Waals surface area contributed by atoms with E-state index in [4.69, 9.17) is 4.74 Å². The van der Waals surface area contributed by atoms with Crippen LogP contribution < -0.4 is 10.2 Å². The number of ether oxygens (including phenoxy) is 1. The van der Waals surface area contributed by atoms with E-state index in [2.05, 4.69) is 0 Å². The number of benzene rings is 1. The van der Waals surface area contributed by atoms with Gasteiger partial charge in [-0.3, -0.25) is 0 Å². The van der Waals surface area contributed by atoms with Crippen LogP contribution in [0.3, 0.4) is 0 Å². The lowest BCUT2D eigenvalue weighted by Gasteiger charge is -2.21. The number of hydrogen-bond acceptors (Lipinski definition) is 1. The maximum absolute atomic E-state index is 12.4. The van der Waals surface area contributed by atoms with Gasteiger partial charge >= 0.3 is 6.98 Å². The van der Waals surface area contributed by atoms with Crippen LogP contribution in [0.1, 0.15) is 12.0 Å². The number of halogens is 3. The molecule has 0 amide bonds. The zero-order chi connectivity index (χ0) is 10.2. The zero-order valence-corrected chi connectivity index (χ0v) is 7.47. The fourth-order valence-electron chi connectivity index (χ4n) is 1.58.